The van der Waals surface area contributed by atoms with Crippen LogP contribution in [0.4, 0.5) is 16.4 Å². The van der Waals surface area contributed by atoms with Crippen molar-refractivity contribution in [2.45, 2.75) is 0 Å². The van der Waals surface area contributed by atoms with Crippen molar-refractivity contribution in [3.8, 4) is 17.6 Å². The lowest BCUT2D eigenvalue weighted by molar-refractivity contribution is 0.0398. The van der Waals surface area contributed by atoms with E-state index in [1.165, 1.54) is 6.20 Å². The van der Waals surface area contributed by atoms with E-state index in [0.29, 0.717) is 33.5 Å². The average Bonchev–Trinajstić information content (AvgIpc) is 2.86. The molecule has 3 aromatic rings. The fourth-order valence-corrected chi connectivity index (χ4v) is 3.23. The van der Waals surface area contributed by atoms with Gasteiger partial charge in [-0.15, -0.1) is 0 Å². The smallest absolute Gasteiger partial charge is 0.410 e. The second kappa shape index (κ2) is 12.0. The second-order valence-corrected chi connectivity index (χ2v) is 7.79. The van der Waals surface area contributed by atoms with E-state index in [1.807, 2.05) is 0 Å². The Bertz CT molecular complexity index is 1160. The summed E-state index contributed by atoms with van der Waals surface area (Å²) >= 11 is 5.83. The first-order valence-corrected chi connectivity index (χ1v) is 11.1. The first-order valence-electron chi connectivity index (χ1n) is 10.7. The van der Waals surface area contributed by atoms with Gasteiger partial charge in [0.15, 0.2) is 0 Å². The predicted molar refractivity (Wildman–Crippen MR) is 129 cm³/mol. The lowest BCUT2D eigenvalue weighted by Crippen LogP contribution is -2.39. The van der Waals surface area contributed by atoms with Gasteiger partial charge < -0.3 is 14.8 Å². The second-order valence-electron chi connectivity index (χ2n) is 7.36. The van der Waals surface area contributed by atoms with Crippen molar-refractivity contribution >= 4 is 29.3 Å². The minimum atomic E-state index is -0.639. The first kappa shape index (κ1) is 23.4. The number of pyridine rings is 1. The van der Waals surface area contributed by atoms with E-state index in [-0.39, 0.29) is 0 Å². The standard InChI is InChI=1S/C24H23ClN6O3/c25-20-3-5-22(6-4-20)34-24(32)30-21-13-18(14-26-17-21)1-2-19-15-28-23(29-16-19)27-7-8-31-9-11-33-12-10-31/h3-6,13-17H,7-12H2,(H,30,32)(H,27,28,29). The van der Waals surface area contributed by atoms with E-state index in [2.05, 4.69) is 42.3 Å². The lowest BCUT2D eigenvalue weighted by Gasteiger charge is -2.26. The van der Waals surface area contributed by atoms with Crippen molar-refractivity contribution in [2.75, 3.05) is 50.0 Å². The Hall–Kier alpha value is -3.71. The fraction of sp³-hybridized carbons (Fsp3) is 0.250. The van der Waals surface area contributed by atoms with Crippen LogP contribution >= 0.6 is 11.6 Å². The Kier molecular flexibility index (Phi) is 8.24. The summed E-state index contributed by atoms with van der Waals surface area (Å²) in [6.45, 7) is 5.14. The highest BCUT2D eigenvalue weighted by Gasteiger charge is 2.09. The van der Waals surface area contributed by atoms with Gasteiger partial charge in [-0.05, 0) is 30.3 Å². The van der Waals surface area contributed by atoms with Crippen LogP contribution in [-0.2, 0) is 4.74 Å². The molecule has 174 valence electrons. The van der Waals surface area contributed by atoms with E-state index in [4.69, 9.17) is 21.1 Å². The largest absolute Gasteiger partial charge is 0.417 e. The van der Waals surface area contributed by atoms with Crippen LogP contribution < -0.4 is 15.4 Å². The number of hydrogen-bond donors (Lipinski definition) is 2. The maximum atomic E-state index is 12.1. The topological polar surface area (TPSA) is 102 Å². The average molecular weight is 479 g/mol. The van der Waals surface area contributed by atoms with Crippen LogP contribution in [0.5, 0.6) is 5.75 Å². The molecule has 1 fully saturated rings. The zero-order chi connectivity index (χ0) is 23.6. The van der Waals surface area contributed by atoms with Crippen molar-refractivity contribution in [3.05, 3.63) is 71.3 Å². The number of carbonyl (C=O) groups is 1. The van der Waals surface area contributed by atoms with Crippen LogP contribution in [0.15, 0.2) is 55.1 Å². The summed E-state index contributed by atoms with van der Waals surface area (Å²) in [6, 6.07) is 8.19. The molecule has 1 saturated heterocycles. The van der Waals surface area contributed by atoms with E-state index in [9.17, 15) is 4.79 Å². The summed E-state index contributed by atoms with van der Waals surface area (Å²) in [6.07, 6.45) is 5.80. The third-order valence-corrected chi connectivity index (χ3v) is 5.08. The summed E-state index contributed by atoms with van der Waals surface area (Å²) in [5, 5.41) is 6.40. The molecule has 1 aliphatic heterocycles. The number of nitrogens with one attached hydrogen (secondary N) is 2. The van der Waals surface area contributed by atoms with Gasteiger partial charge in [0.2, 0.25) is 5.95 Å². The highest BCUT2D eigenvalue weighted by atomic mass is 35.5. The van der Waals surface area contributed by atoms with E-state index in [1.54, 1.807) is 48.9 Å². The van der Waals surface area contributed by atoms with Crippen LogP contribution in [0.25, 0.3) is 0 Å². The molecule has 1 aliphatic rings. The van der Waals surface area contributed by atoms with E-state index >= 15 is 0 Å². The summed E-state index contributed by atoms with van der Waals surface area (Å²) in [7, 11) is 0. The molecular weight excluding hydrogens is 456 g/mol. The van der Waals surface area contributed by atoms with Crippen molar-refractivity contribution in [2.24, 2.45) is 0 Å². The highest BCUT2D eigenvalue weighted by molar-refractivity contribution is 6.30. The molecule has 2 N–H and O–H groups in total. The third kappa shape index (κ3) is 7.42. The van der Waals surface area contributed by atoms with Crippen molar-refractivity contribution in [1.29, 1.82) is 0 Å². The molecule has 34 heavy (non-hydrogen) atoms. The Morgan fingerprint density at radius 1 is 1.06 bits per heavy atom. The molecule has 9 nitrogen and oxygen atoms in total. The first-order chi connectivity index (χ1) is 16.6. The number of hydrogen-bond acceptors (Lipinski definition) is 8. The third-order valence-electron chi connectivity index (χ3n) is 4.83. The molecule has 0 aliphatic carbocycles. The van der Waals surface area contributed by atoms with Gasteiger partial charge in [-0.1, -0.05) is 23.4 Å². The van der Waals surface area contributed by atoms with Gasteiger partial charge in [0, 0.05) is 55.4 Å². The molecule has 1 aromatic carbocycles. The predicted octanol–water partition coefficient (Wildman–Crippen LogP) is 3.28. The fourth-order valence-electron chi connectivity index (χ4n) is 3.11. The van der Waals surface area contributed by atoms with Crippen LogP contribution in [0.2, 0.25) is 5.02 Å². The molecule has 0 atom stereocenters. The highest BCUT2D eigenvalue weighted by Crippen LogP contribution is 2.16. The monoisotopic (exact) mass is 478 g/mol. The number of anilines is 2. The molecule has 3 heterocycles. The van der Waals surface area contributed by atoms with Gasteiger partial charge >= 0.3 is 6.09 Å². The maximum Gasteiger partial charge on any atom is 0.417 e. The molecule has 2 aromatic heterocycles. The SMILES string of the molecule is O=C(Nc1cncc(C#Cc2cnc(NCCN3CCOCC3)nc2)c1)Oc1ccc(Cl)cc1. The number of benzene rings is 1. The molecule has 4 rings (SSSR count). The molecule has 10 heteroatoms. The number of rotatable bonds is 6. The van der Waals surface area contributed by atoms with Gasteiger partial charge in [-0.25, -0.2) is 14.8 Å². The molecule has 1 amide bonds. The van der Waals surface area contributed by atoms with Gasteiger partial charge in [0.1, 0.15) is 5.75 Å². The van der Waals surface area contributed by atoms with Crippen molar-refractivity contribution < 1.29 is 14.3 Å². The Balaban J connectivity index is 1.28. The quantitative estimate of drug-likeness (QED) is 0.520. The minimum absolute atomic E-state index is 0.379. The number of ether oxygens (including phenoxy) is 2. The Labute approximate surface area is 202 Å². The molecule has 0 spiro atoms. The molecule has 0 bridgehead atoms. The summed E-state index contributed by atoms with van der Waals surface area (Å²) in [5.41, 5.74) is 1.75. The number of aromatic nitrogens is 3. The van der Waals surface area contributed by atoms with Crippen LogP contribution in [0, 0.1) is 11.8 Å². The Morgan fingerprint density at radius 3 is 2.56 bits per heavy atom. The van der Waals surface area contributed by atoms with Gasteiger partial charge in [0.05, 0.1) is 30.7 Å². The molecular formula is C24H23ClN6O3. The van der Waals surface area contributed by atoms with Crippen LogP contribution in [-0.4, -0.2) is 65.3 Å². The van der Waals surface area contributed by atoms with Crippen LogP contribution in [0.1, 0.15) is 11.1 Å². The molecule has 0 radical (unpaired) electrons. The van der Waals surface area contributed by atoms with Crippen LogP contribution in [0.3, 0.4) is 0 Å². The number of nitrogens with zero attached hydrogens (tertiary/aromatic N) is 4. The normalized spacial score (nSPS) is 13.4. The number of carbonyl (C=O) groups excluding carboxylic acids is 1. The summed E-state index contributed by atoms with van der Waals surface area (Å²) < 4.78 is 10.6. The zero-order valence-electron chi connectivity index (χ0n) is 18.3. The number of morpholine rings is 1. The lowest BCUT2D eigenvalue weighted by atomic mass is 10.2. The Morgan fingerprint density at radius 2 is 1.79 bits per heavy atom. The van der Waals surface area contributed by atoms with Gasteiger partial charge in [0.25, 0.3) is 0 Å². The zero-order valence-corrected chi connectivity index (χ0v) is 19.1. The molecule has 0 saturated carbocycles. The number of halogens is 1. The summed E-state index contributed by atoms with van der Waals surface area (Å²) in [5.74, 6) is 6.94. The maximum absolute atomic E-state index is 12.1. The van der Waals surface area contributed by atoms with E-state index in [0.717, 1.165) is 39.4 Å². The van der Waals surface area contributed by atoms with E-state index < -0.39 is 6.09 Å². The number of amides is 1. The van der Waals surface area contributed by atoms with Gasteiger partial charge in [-0.3, -0.25) is 15.2 Å². The minimum Gasteiger partial charge on any atom is -0.410 e. The van der Waals surface area contributed by atoms with Gasteiger partial charge in [-0.2, -0.15) is 0 Å². The van der Waals surface area contributed by atoms with Crippen molar-refractivity contribution in [3.63, 3.8) is 0 Å². The van der Waals surface area contributed by atoms with Crippen molar-refractivity contribution in [1.82, 2.24) is 19.9 Å². The summed E-state index contributed by atoms with van der Waals surface area (Å²) in [4.78, 5) is 27.2. The molecule has 0 unspecified atom stereocenters.